The highest BCUT2D eigenvalue weighted by Crippen LogP contribution is 2.68. The summed E-state index contributed by atoms with van der Waals surface area (Å²) >= 11 is 0. The number of carbonyl (C=O) groups is 1. The number of allylic oxidation sites excluding steroid dienone is 2. The predicted octanol–water partition coefficient (Wildman–Crippen LogP) is 4.27. The Bertz CT molecular complexity index is 620. The molecule has 0 saturated carbocycles. The second-order valence-electron chi connectivity index (χ2n) is 5.18. The molecule has 1 aliphatic carbocycles. The van der Waals surface area contributed by atoms with Crippen molar-refractivity contribution in [2.75, 3.05) is 33.5 Å². The topological polar surface area (TPSA) is 97.4 Å². The Hall–Kier alpha value is -0.750. The van der Waals surface area contributed by atoms with Gasteiger partial charge in [0.05, 0.1) is 50.1 Å². The van der Waals surface area contributed by atoms with Crippen molar-refractivity contribution in [3.63, 3.8) is 0 Å². The fourth-order valence-corrected chi connectivity index (χ4v) is 7.17. The van der Waals surface area contributed by atoms with E-state index in [0.717, 1.165) is 0 Å². The van der Waals surface area contributed by atoms with Crippen molar-refractivity contribution in [1.29, 1.82) is 0 Å². The van der Waals surface area contributed by atoms with E-state index in [4.69, 9.17) is 22.8 Å². The summed E-state index contributed by atoms with van der Waals surface area (Å²) in [5.41, 5.74) is -0.683. The van der Waals surface area contributed by atoms with Gasteiger partial charge in [-0.05, 0) is 40.2 Å². The molecule has 0 heterocycles. The van der Waals surface area contributed by atoms with Gasteiger partial charge in [0.15, 0.2) is 0 Å². The van der Waals surface area contributed by atoms with Crippen LogP contribution >= 0.6 is 15.2 Å². The van der Waals surface area contributed by atoms with Crippen LogP contribution in [-0.4, -0.2) is 45.2 Å². The first-order valence-corrected chi connectivity index (χ1v) is 11.8. The Morgan fingerprint density at radius 1 is 1.00 bits per heavy atom. The molecule has 0 amide bonds. The fraction of sp³-hybridized carbons (Fsp3) is 0.688. The lowest BCUT2D eigenvalue weighted by atomic mass is 10.1. The van der Waals surface area contributed by atoms with Crippen LogP contribution in [0.15, 0.2) is 23.0 Å². The summed E-state index contributed by atoms with van der Waals surface area (Å²) in [7, 11) is -6.21. The maximum Gasteiger partial charge on any atom is 0.358 e. The van der Waals surface area contributed by atoms with Crippen molar-refractivity contribution in [3.8, 4) is 0 Å². The third-order valence-electron chi connectivity index (χ3n) is 3.54. The van der Waals surface area contributed by atoms with Gasteiger partial charge in [0.1, 0.15) is 0 Å². The number of hydrogen-bond donors (Lipinski definition) is 0. The van der Waals surface area contributed by atoms with Crippen LogP contribution in [0.4, 0.5) is 0 Å². The first kappa shape index (κ1) is 23.3. The summed E-state index contributed by atoms with van der Waals surface area (Å²) in [6, 6.07) is 0. The van der Waals surface area contributed by atoms with Crippen LogP contribution in [0.5, 0.6) is 0 Å². The molecule has 1 atom stereocenters. The van der Waals surface area contributed by atoms with Gasteiger partial charge in [-0.3, -0.25) is 9.13 Å². The molecule has 0 aromatic carbocycles. The molecule has 0 N–H and O–H groups in total. The Morgan fingerprint density at radius 2 is 1.50 bits per heavy atom. The zero-order valence-corrected chi connectivity index (χ0v) is 17.7. The number of hydrogen-bond acceptors (Lipinski definition) is 8. The summed E-state index contributed by atoms with van der Waals surface area (Å²) in [5, 5.41) is 0.106. The zero-order valence-electron chi connectivity index (χ0n) is 15.9. The molecule has 8 nitrogen and oxygen atoms in total. The number of ether oxygens (including phenoxy) is 1. The summed E-state index contributed by atoms with van der Waals surface area (Å²) in [6.07, 6.45) is 3.04. The SMILES string of the molecule is CCOP(=O)(OCC)C1=CC(C(=O)OC)=CCC1P(=O)(OCC)OCC. The van der Waals surface area contributed by atoms with E-state index in [1.807, 2.05) is 0 Å². The van der Waals surface area contributed by atoms with Crippen LogP contribution in [0, 0.1) is 0 Å². The largest absolute Gasteiger partial charge is 0.465 e. The van der Waals surface area contributed by atoms with Crippen molar-refractivity contribution < 1.29 is 36.8 Å². The van der Waals surface area contributed by atoms with Gasteiger partial charge in [0.2, 0.25) is 0 Å². The molecule has 0 aromatic rings. The van der Waals surface area contributed by atoms with E-state index in [0.29, 0.717) is 0 Å². The highest BCUT2D eigenvalue weighted by molar-refractivity contribution is 7.62. The Balaban J connectivity index is 3.49. The first-order chi connectivity index (χ1) is 12.3. The molecule has 10 heteroatoms. The van der Waals surface area contributed by atoms with Crippen LogP contribution < -0.4 is 0 Å². The fourth-order valence-electron chi connectivity index (χ4n) is 2.59. The monoisotopic (exact) mass is 410 g/mol. The van der Waals surface area contributed by atoms with E-state index >= 15 is 0 Å². The molecule has 0 fully saturated rings. The maximum absolute atomic E-state index is 13.4. The van der Waals surface area contributed by atoms with Gasteiger partial charge in [0.25, 0.3) is 0 Å². The molecule has 150 valence electrons. The van der Waals surface area contributed by atoms with E-state index in [-0.39, 0.29) is 43.7 Å². The molecule has 1 unspecified atom stereocenters. The van der Waals surface area contributed by atoms with Crippen LogP contribution in [0.25, 0.3) is 0 Å². The molecule has 0 aliphatic heterocycles. The van der Waals surface area contributed by atoms with E-state index in [2.05, 4.69) is 0 Å². The van der Waals surface area contributed by atoms with Gasteiger partial charge < -0.3 is 22.8 Å². The van der Waals surface area contributed by atoms with Crippen LogP contribution in [0.2, 0.25) is 0 Å². The lowest BCUT2D eigenvalue weighted by molar-refractivity contribution is -0.135. The average Bonchev–Trinajstić information content (AvgIpc) is 2.61. The second-order valence-corrected chi connectivity index (χ2v) is 9.43. The van der Waals surface area contributed by atoms with Crippen molar-refractivity contribution in [2.24, 2.45) is 0 Å². The van der Waals surface area contributed by atoms with E-state index < -0.39 is 26.8 Å². The molecule has 0 radical (unpaired) electrons. The molecule has 1 aliphatic rings. The lowest BCUT2D eigenvalue weighted by Gasteiger charge is -2.32. The molecular formula is C16H28O8P2. The molecular weight excluding hydrogens is 382 g/mol. The maximum atomic E-state index is 13.4. The Labute approximate surface area is 154 Å². The molecule has 0 bridgehead atoms. The standard InChI is InChI=1S/C16H28O8P2/c1-6-21-25(18,22-7-2)14-11-10-13(16(17)20-5)12-15(14)26(19,23-8-3)24-9-4/h10,12,14H,6-9,11H2,1-5H3. The van der Waals surface area contributed by atoms with Gasteiger partial charge in [-0.25, -0.2) is 4.79 Å². The number of esters is 1. The zero-order chi connectivity index (χ0) is 19.8. The van der Waals surface area contributed by atoms with Gasteiger partial charge in [0, 0.05) is 0 Å². The predicted molar refractivity (Wildman–Crippen MR) is 98.3 cm³/mol. The highest BCUT2D eigenvalue weighted by atomic mass is 31.2. The number of rotatable bonds is 11. The quantitative estimate of drug-likeness (QED) is 0.368. The normalized spacial score (nSPS) is 18.3. The number of carbonyl (C=O) groups excluding carboxylic acids is 1. The molecule has 0 aromatic heterocycles. The van der Waals surface area contributed by atoms with Gasteiger partial charge >= 0.3 is 21.2 Å². The van der Waals surface area contributed by atoms with Crippen molar-refractivity contribution in [2.45, 2.75) is 39.8 Å². The van der Waals surface area contributed by atoms with Crippen LogP contribution in [0.1, 0.15) is 34.1 Å². The smallest absolute Gasteiger partial charge is 0.358 e. The van der Waals surface area contributed by atoms with Gasteiger partial charge in [-0.15, -0.1) is 0 Å². The van der Waals surface area contributed by atoms with Crippen molar-refractivity contribution in [1.82, 2.24) is 0 Å². The first-order valence-electron chi connectivity index (χ1n) is 8.60. The van der Waals surface area contributed by atoms with Crippen LogP contribution in [0.3, 0.4) is 0 Å². The average molecular weight is 410 g/mol. The molecule has 0 saturated heterocycles. The Kier molecular flexibility index (Phi) is 9.45. The number of methoxy groups -OCH3 is 1. The minimum Gasteiger partial charge on any atom is -0.465 e. The molecule has 26 heavy (non-hydrogen) atoms. The Morgan fingerprint density at radius 3 is 1.92 bits per heavy atom. The molecule has 0 spiro atoms. The lowest BCUT2D eigenvalue weighted by Crippen LogP contribution is -2.21. The van der Waals surface area contributed by atoms with E-state index in [1.54, 1.807) is 33.8 Å². The third-order valence-corrected chi connectivity index (χ3v) is 8.50. The minimum absolute atomic E-state index is 0.106. The summed E-state index contributed by atoms with van der Waals surface area (Å²) in [4.78, 5) is 11.9. The second kappa shape index (κ2) is 10.5. The van der Waals surface area contributed by atoms with Crippen LogP contribution in [-0.2, 0) is 36.8 Å². The summed E-state index contributed by atoms with van der Waals surface area (Å²) in [5.74, 6) is -0.594. The highest BCUT2D eigenvalue weighted by Gasteiger charge is 2.47. The minimum atomic E-state index is -3.80. The summed E-state index contributed by atoms with van der Waals surface area (Å²) < 4.78 is 53.1. The summed E-state index contributed by atoms with van der Waals surface area (Å²) in [6.45, 7) is 7.27. The third kappa shape index (κ3) is 5.38. The van der Waals surface area contributed by atoms with Gasteiger partial charge in [-0.1, -0.05) is 6.08 Å². The van der Waals surface area contributed by atoms with E-state index in [9.17, 15) is 13.9 Å². The molecule has 1 rings (SSSR count). The van der Waals surface area contributed by atoms with Gasteiger partial charge in [-0.2, -0.15) is 0 Å². The van der Waals surface area contributed by atoms with Crippen molar-refractivity contribution in [3.05, 3.63) is 23.0 Å². The van der Waals surface area contributed by atoms with Crippen molar-refractivity contribution >= 4 is 21.2 Å². The van der Waals surface area contributed by atoms with E-state index in [1.165, 1.54) is 13.2 Å².